The molecular formula is C17H19N3O3. The van der Waals surface area contributed by atoms with Gasteiger partial charge in [0.05, 0.1) is 0 Å². The second-order valence-electron chi connectivity index (χ2n) is 5.89. The van der Waals surface area contributed by atoms with Gasteiger partial charge in [0.25, 0.3) is 5.91 Å². The summed E-state index contributed by atoms with van der Waals surface area (Å²) in [5, 5.41) is 13.2. The first kappa shape index (κ1) is 15.3. The molecule has 0 radical (unpaired) electrons. The molecule has 0 fully saturated rings. The first-order valence-corrected chi connectivity index (χ1v) is 7.66. The lowest BCUT2D eigenvalue weighted by Gasteiger charge is -2.29. The molecule has 2 aromatic rings. The smallest absolute Gasteiger partial charge is 0.328 e. The van der Waals surface area contributed by atoms with E-state index in [1.165, 1.54) is 28.9 Å². The standard InChI is InChI=1S/C17H19N3O3/c1-11-5-6-15-13(10-11)4-3-8-19(15)16(21)14-7-9-20(18-14)12(2)17(22)23/h5-7,9-10,12H,3-4,8H2,1-2H3,(H,22,23). The van der Waals surface area contributed by atoms with E-state index in [0.717, 1.165) is 18.5 Å². The van der Waals surface area contributed by atoms with Crippen LogP contribution in [0.2, 0.25) is 0 Å². The number of hydrogen-bond acceptors (Lipinski definition) is 3. The molecule has 0 saturated carbocycles. The molecule has 0 spiro atoms. The van der Waals surface area contributed by atoms with E-state index in [1.54, 1.807) is 11.0 Å². The van der Waals surface area contributed by atoms with E-state index >= 15 is 0 Å². The van der Waals surface area contributed by atoms with Crippen LogP contribution in [0.4, 0.5) is 5.69 Å². The summed E-state index contributed by atoms with van der Waals surface area (Å²) in [5.41, 5.74) is 3.54. The molecule has 1 aromatic heterocycles. The Morgan fingerprint density at radius 1 is 1.30 bits per heavy atom. The maximum Gasteiger partial charge on any atom is 0.328 e. The lowest BCUT2D eigenvalue weighted by Crippen LogP contribution is -2.36. The number of rotatable bonds is 3. The largest absolute Gasteiger partial charge is 0.480 e. The zero-order valence-corrected chi connectivity index (χ0v) is 13.2. The fraction of sp³-hybridized carbons (Fsp3) is 0.353. The molecule has 3 rings (SSSR count). The number of carboxylic acid groups (broad SMARTS) is 1. The van der Waals surface area contributed by atoms with Gasteiger partial charge >= 0.3 is 5.97 Å². The van der Waals surface area contributed by atoms with Gasteiger partial charge in [0, 0.05) is 18.4 Å². The number of carbonyl (C=O) groups excluding carboxylic acids is 1. The van der Waals surface area contributed by atoms with Crippen molar-refractivity contribution >= 4 is 17.6 Å². The topological polar surface area (TPSA) is 75.4 Å². The molecule has 1 N–H and O–H groups in total. The summed E-state index contributed by atoms with van der Waals surface area (Å²) in [4.78, 5) is 25.5. The Morgan fingerprint density at radius 2 is 2.09 bits per heavy atom. The van der Waals surface area contributed by atoms with Crippen molar-refractivity contribution in [1.29, 1.82) is 0 Å². The molecular weight excluding hydrogens is 294 g/mol. The molecule has 0 bridgehead atoms. The van der Waals surface area contributed by atoms with Crippen LogP contribution in [0.5, 0.6) is 0 Å². The van der Waals surface area contributed by atoms with Crippen molar-refractivity contribution < 1.29 is 14.7 Å². The van der Waals surface area contributed by atoms with E-state index < -0.39 is 12.0 Å². The molecule has 6 nitrogen and oxygen atoms in total. The van der Waals surface area contributed by atoms with Crippen molar-refractivity contribution in [2.75, 3.05) is 11.4 Å². The van der Waals surface area contributed by atoms with Gasteiger partial charge < -0.3 is 10.0 Å². The van der Waals surface area contributed by atoms with Gasteiger partial charge in [-0.3, -0.25) is 9.48 Å². The van der Waals surface area contributed by atoms with Crippen LogP contribution >= 0.6 is 0 Å². The molecule has 1 atom stereocenters. The second kappa shape index (κ2) is 5.87. The van der Waals surface area contributed by atoms with Gasteiger partial charge in [-0.05, 0) is 44.4 Å². The third kappa shape index (κ3) is 2.84. The van der Waals surface area contributed by atoms with E-state index in [0.29, 0.717) is 6.54 Å². The molecule has 23 heavy (non-hydrogen) atoms. The molecule has 1 unspecified atom stereocenters. The van der Waals surface area contributed by atoms with Gasteiger partial charge in [-0.2, -0.15) is 5.10 Å². The number of aryl methyl sites for hydroxylation is 2. The fourth-order valence-corrected chi connectivity index (χ4v) is 2.86. The highest BCUT2D eigenvalue weighted by Gasteiger charge is 2.26. The number of nitrogens with zero attached hydrogens (tertiary/aromatic N) is 3. The number of amides is 1. The van der Waals surface area contributed by atoms with Gasteiger partial charge in [0.15, 0.2) is 5.69 Å². The Bertz CT molecular complexity index is 766. The van der Waals surface area contributed by atoms with Gasteiger partial charge in [0.1, 0.15) is 6.04 Å². The maximum absolute atomic E-state index is 12.8. The fourth-order valence-electron chi connectivity index (χ4n) is 2.86. The van der Waals surface area contributed by atoms with E-state index in [9.17, 15) is 9.59 Å². The molecule has 120 valence electrons. The van der Waals surface area contributed by atoms with Crippen molar-refractivity contribution in [2.24, 2.45) is 0 Å². The first-order chi connectivity index (χ1) is 11.0. The minimum Gasteiger partial charge on any atom is -0.480 e. The highest BCUT2D eigenvalue weighted by molar-refractivity contribution is 6.05. The van der Waals surface area contributed by atoms with E-state index in [2.05, 4.69) is 11.2 Å². The van der Waals surface area contributed by atoms with Crippen molar-refractivity contribution in [3.05, 3.63) is 47.3 Å². The Kier molecular flexibility index (Phi) is 3.90. The zero-order valence-electron chi connectivity index (χ0n) is 13.2. The monoisotopic (exact) mass is 313 g/mol. The summed E-state index contributed by atoms with van der Waals surface area (Å²) in [6.07, 6.45) is 3.41. The molecule has 1 amide bonds. The lowest BCUT2D eigenvalue weighted by atomic mass is 9.99. The van der Waals surface area contributed by atoms with Crippen molar-refractivity contribution in [3.8, 4) is 0 Å². The summed E-state index contributed by atoms with van der Waals surface area (Å²) >= 11 is 0. The SMILES string of the molecule is Cc1ccc2c(c1)CCCN2C(=O)c1ccn(C(C)C(=O)O)n1. The maximum atomic E-state index is 12.8. The van der Waals surface area contributed by atoms with Gasteiger partial charge in [-0.25, -0.2) is 4.79 Å². The molecule has 0 aliphatic carbocycles. The number of fused-ring (bicyclic) bond motifs is 1. The van der Waals surface area contributed by atoms with Gasteiger partial charge in [0.2, 0.25) is 0 Å². The van der Waals surface area contributed by atoms with Crippen LogP contribution in [-0.2, 0) is 11.2 Å². The van der Waals surface area contributed by atoms with Crippen LogP contribution in [-0.4, -0.2) is 33.3 Å². The summed E-state index contributed by atoms with van der Waals surface area (Å²) in [7, 11) is 0. The number of carbonyl (C=O) groups is 2. The predicted octanol–water partition coefficient (Wildman–Crippen LogP) is 2.43. The van der Waals surface area contributed by atoms with Gasteiger partial charge in [-0.15, -0.1) is 0 Å². The number of aromatic nitrogens is 2. The summed E-state index contributed by atoms with van der Waals surface area (Å²) in [6.45, 7) is 4.22. The molecule has 1 aromatic carbocycles. The van der Waals surface area contributed by atoms with Crippen LogP contribution < -0.4 is 4.90 Å². The highest BCUT2D eigenvalue weighted by atomic mass is 16.4. The van der Waals surface area contributed by atoms with Crippen LogP contribution in [0.3, 0.4) is 0 Å². The molecule has 1 aliphatic rings. The van der Waals surface area contributed by atoms with Crippen LogP contribution in [0.15, 0.2) is 30.5 Å². The third-order valence-electron chi connectivity index (χ3n) is 4.18. The zero-order chi connectivity index (χ0) is 16.6. The van der Waals surface area contributed by atoms with E-state index in [1.807, 2.05) is 19.1 Å². The Balaban J connectivity index is 1.89. The number of anilines is 1. The minimum absolute atomic E-state index is 0.189. The van der Waals surface area contributed by atoms with Crippen molar-refractivity contribution in [3.63, 3.8) is 0 Å². The lowest BCUT2D eigenvalue weighted by molar-refractivity contribution is -0.140. The Morgan fingerprint density at radius 3 is 2.83 bits per heavy atom. The number of carboxylic acids is 1. The third-order valence-corrected chi connectivity index (χ3v) is 4.18. The normalized spacial score (nSPS) is 15.1. The molecule has 2 heterocycles. The number of aliphatic carboxylic acids is 1. The first-order valence-electron chi connectivity index (χ1n) is 7.66. The van der Waals surface area contributed by atoms with E-state index in [-0.39, 0.29) is 11.6 Å². The quantitative estimate of drug-likeness (QED) is 0.944. The van der Waals surface area contributed by atoms with E-state index in [4.69, 9.17) is 5.11 Å². The van der Waals surface area contributed by atoms with Crippen molar-refractivity contribution in [1.82, 2.24) is 9.78 Å². The Labute approximate surface area is 134 Å². The average Bonchev–Trinajstić information content (AvgIpc) is 3.02. The number of hydrogen-bond donors (Lipinski definition) is 1. The molecule has 6 heteroatoms. The second-order valence-corrected chi connectivity index (χ2v) is 5.89. The summed E-state index contributed by atoms with van der Waals surface area (Å²) < 4.78 is 1.30. The minimum atomic E-state index is -0.981. The Hall–Kier alpha value is -2.63. The van der Waals surface area contributed by atoms with Crippen LogP contribution in [0.25, 0.3) is 0 Å². The summed E-state index contributed by atoms with van der Waals surface area (Å²) in [5.74, 6) is -1.17. The number of benzene rings is 1. The predicted molar refractivity (Wildman–Crippen MR) is 85.8 cm³/mol. The van der Waals surface area contributed by atoms with Crippen LogP contribution in [0, 0.1) is 6.92 Å². The van der Waals surface area contributed by atoms with Gasteiger partial charge in [-0.1, -0.05) is 17.7 Å². The summed E-state index contributed by atoms with van der Waals surface area (Å²) in [6, 6.07) is 6.85. The average molecular weight is 313 g/mol. The van der Waals surface area contributed by atoms with Crippen LogP contribution in [0.1, 0.15) is 41.0 Å². The molecule has 1 aliphatic heterocycles. The van der Waals surface area contributed by atoms with Crippen molar-refractivity contribution in [2.45, 2.75) is 32.7 Å². The molecule has 0 saturated heterocycles. The highest BCUT2D eigenvalue weighted by Crippen LogP contribution is 2.29.